The highest BCUT2D eigenvalue weighted by atomic mass is 19.2. The van der Waals surface area contributed by atoms with E-state index in [1.807, 2.05) is 30.3 Å². The molecule has 0 aliphatic carbocycles. The fourth-order valence-electron chi connectivity index (χ4n) is 2.58. The van der Waals surface area contributed by atoms with Crippen LogP contribution in [0.25, 0.3) is 11.3 Å². The van der Waals surface area contributed by atoms with Crippen LogP contribution in [0.15, 0.2) is 65.2 Å². The maximum atomic E-state index is 13.5. The van der Waals surface area contributed by atoms with Gasteiger partial charge in [-0.05, 0) is 19.1 Å². The molecule has 140 valence electrons. The molecule has 0 saturated carbocycles. The van der Waals surface area contributed by atoms with Gasteiger partial charge >= 0.3 is 0 Å². The molecular weight excluding hydrogens is 364 g/mol. The summed E-state index contributed by atoms with van der Waals surface area (Å²) in [6, 6.07) is 16.5. The zero-order valence-electron chi connectivity index (χ0n) is 14.8. The van der Waals surface area contributed by atoms with E-state index < -0.39 is 11.6 Å². The van der Waals surface area contributed by atoms with Crippen LogP contribution >= 0.6 is 0 Å². The summed E-state index contributed by atoms with van der Waals surface area (Å²) in [5.41, 5.74) is 1.84. The fraction of sp³-hybridized carbons (Fsp3) is 0.0500. The summed E-state index contributed by atoms with van der Waals surface area (Å²) >= 11 is 0. The van der Waals surface area contributed by atoms with Crippen LogP contribution in [0.3, 0.4) is 0 Å². The Kier molecular flexibility index (Phi) is 4.67. The zero-order chi connectivity index (χ0) is 19.5. The zero-order valence-corrected chi connectivity index (χ0v) is 14.8. The Morgan fingerprint density at radius 2 is 1.64 bits per heavy atom. The average molecular weight is 379 g/mol. The molecule has 0 bridgehead atoms. The molecule has 0 saturated heterocycles. The van der Waals surface area contributed by atoms with Crippen LogP contribution in [-0.2, 0) is 0 Å². The standard InChI is InChI=1S/C20H15F2N5O/c1-12-9-19(27-28-12)25-18-11-17(13-5-3-2-4-6-13)24-20(26-18)23-14-7-8-15(21)16(22)10-14/h2-11H,1H3,(H2,23,24,25,26,27). The van der Waals surface area contributed by atoms with E-state index in [4.69, 9.17) is 4.52 Å². The molecule has 0 atom stereocenters. The third-order valence-corrected chi connectivity index (χ3v) is 3.86. The highest BCUT2D eigenvalue weighted by Gasteiger charge is 2.10. The number of anilines is 4. The van der Waals surface area contributed by atoms with Gasteiger partial charge in [-0.15, -0.1) is 0 Å². The van der Waals surface area contributed by atoms with Crippen LogP contribution in [0.5, 0.6) is 0 Å². The van der Waals surface area contributed by atoms with Crippen molar-refractivity contribution < 1.29 is 13.3 Å². The normalized spacial score (nSPS) is 10.7. The molecule has 0 aliphatic rings. The molecule has 2 aromatic carbocycles. The Morgan fingerprint density at radius 3 is 2.36 bits per heavy atom. The Labute approximate surface area is 159 Å². The van der Waals surface area contributed by atoms with Crippen LogP contribution in [0, 0.1) is 18.6 Å². The number of aryl methyl sites for hydroxylation is 1. The summed E-state index contributed by atoms with van der Waals surface area (Å²) in [5, 5.41) is 9.84. The smallest absolute Gasteiger partial charge is 0.229 e. The van der Waals surface area contributed by atoms with Crippen molar-refractivity contribution in [3.8, 4) is 11.3 Å². The van der Waals surface area contributed by atoms with Crippen molar-refractivity contribution in [2.45, 2.75) is 6.92 Å². The molecule has 28 heavy (non-hydrogen) atoms. The number of halogens is 2. The molecule has 2 heterocycles. The lowest BCUT2D eigenvalue weighted by atomic mass is 10.1. The van der Waals surface area contributed by atoms with E-state index in [1.54, 1.807) is 19.1 Å². The monoisotopic (exact) mass is 379 g/mol. The second-order valence-electron chi connectivity index (χ2n) is 6.03. The Morgan fingerprint density at radius 1 is 0.821 bits per heavy atom. The Balaban J connectivity index is 1.71. The van der Waals surface area contributed by atoms with Gasteiger partial charge in [-0.1, -0.05) is 35.5 Å². The lowest BCUT2D eigenvalue weighted by Crippen LogP contribution is -2.03. The highest BCUT2D eigenvalue weighted by Crippen LogP contribution is 2.25. The van der Waals surface area contributed by atoms with Gasteiger partial charge in [0.2, 0.25) is 5.95 Å². The third-order valence-electron chi connectivity index (χ3n) is 3.86. The summed E-state index contributed by atoms with van der Waals surface area (Å²) in [7, 11) is 0. The van der Waals surface area contributed by atoms with Gasteiger partial charge in [-0.2, -0.15) is 4.98 Å². The van der Waals surface area contributed by atoms with Crippen molar-refractivity contribution in [3.05, 3.63) is 78.1 Å². The van der Waals surface area contributed by atoms with Crippen molar-refractivity contribution >= 4 is 23.3 Å². The predicted molar refractivity (Wildman–Crippen MR) is 102 cm³/mol. The van der Waals surface area contributed by atoms with E-state index >= 15 is 0 Å². The number of nitrogens with zero attached hydrogens (tertiary/aromatic N) is 3. The first-order chi connectivity index (χ1) is 13.6. The van der Waals surface area contributed by atoms with E-state index in [9.17, 15) is 8.78 Å². The first kappa shape index (κ1) is 17.6. The molecular formula is C20H15F2N5O. The molecule has 2 N–H and O–H groups in total. The topological polar surface area (TPSA) is 75.9 Å². The first-order valence-electron chi connectivity index (χ1n) is 8.44. The van der Waals surface area contributed by atoms with Gasteiger partial charge in [0.15, 0.2) is 17.5 Å². The molecule has 0 unspecified atom stereocenters. The molecule has 4 rings (SSSR count). The Hall–Kier alpha value is -3.81. The SMILES string of the molecule is Cc1cc(Nc2cc(-c3ccccc3)nc(Nc3ccc(F)c(F)c3)n2)no1. The van der Waals surface area contributed by atoms with E-state index in [0.717, 1.165) is 17.7 Å². The summed E-state index contributed by atoms with van der Waals surface area (Å²) in [5.74, 6) is -0.0508. The first-order valence-corrected chi connectivity index (χ1v) is 8.44. The van der Waals surface area contributed by atoms with Crippen LogP contribution in [-0.4, -0.2) is 15.1 Å². The van der Waals surface area contributed by atoms with Gasteiger partial charge in [-0.3, -0.25) is 0 Å². The fourth-order valence-corrected chi connectivity index (χ4v) is 2.58. The van der Waals surface area contributed by atoms with Gasteiger partial charge in [-0.25, -0.2) is 13.8 Å². The van der Waals surface area contributed by atoms with Gasteiger partial charge in [0.1, 0.15) is 11.6 Å². The van der Waals surface area contributed by atoms with Crippen molar-refractivity contribution in [1.29, 1.82) is 0 Å². The molecule has 0 amide bonds. The van der Waals surface area contributed by atoms with E-state index in [-0.39, 0.29) is 5.95 Å². The van der Waals surface area contributed by atoms with Crippen molar-refractivity contribution in [2.75, 3.05) is 10.6 Å². The number of hydrogen-bond donors (Lipinski definition) is 2. The minimum atomic E-state index is -0.958. The van der Waals surface area contributed by atoms with Gasteiger partial charge in [0.25, 0.3) is 0 Å². The van der Waals surface area contributed by atoms with Crippen molar-refractivity contribution in [1.82, 2.24) is 15.1 Å². The molecule has 0 spiro atoms. The second kappa shape index (κ2) is 7.43. The molecule has 0 radical (unpaired) electrons. The summed E-state index contributed by atoms with van der Waals surface area (Å²) < 4.78 is 31.7. The molecule has 0 aliphatic heterocycles. The minimum Gasteiger partial charge on any atom is -0.360 e. The molecule has 2 aromatic heterocycles. The number of aromatic nitrogens is 3. The van der Waals surface area contributed by atoms with Gasteiger partial charge in [0.05, 0.1) is 5.69 Å². The van der Waals surface area contributed by atoms with Crippen LogP contribution in [0.1, 0.15) is 5.76 Å². The lowest BCUT2D eigenvalue weighted by molar-refractivity contribution is 0.400. The Bertz CT molecular complexity index is 1110. The number of benzene rings is 2. The maximum absolute atomic E-state index is 13.5. The van der Waals surface area contributed by atoms with Crippen LogP contribution < -0.4 is 10.6 Å². The average Bonchev–Trinajstić information content (AvgIpc) is 3.10. The molecule has 4 aromatic rings. The number of nitrogens with one attached hydrogen (secondary N) is 2. The largest absolute Gasteiger partial charge is 0.360 e. The summed E-state index contributed by atoms with van der Waals surface area (Å²) in [4.78, 5) is 8.86. The third kappa shape index (κ3) is 3.96. The van der Waals surface area contributed by atoms with Crippen LogP contribution in [0.4, 0.5) is 32.1 Å². The van der Waals surface area contributed by atoms with Gasteiger partial charge in [0, 0.05) is 29.4 Å². The van der Waals surface area contributed by atoms with Crippen molar-refractivity contribution in [2.24, 2.45) is 0 Å². The summed E-state index contributed by atoms with van der Waals surface area (Å²) in [6.07, 6.45) is 0. The minimum absolute atomic E-state index is 0.218. The lowest BCUT2D eigenvalue weighted by Gasteiger charge is -2.10. The molecule has 0 fully saturated rings. The predicted octanol–water partition coefficient (Wildman–Crippen LogP) is 5.21. The highest BCUT2D eigenvalue weighted by molar-refractivity contribution is 5.68. The second-order valence-corrected chi connectivity index (χ2v) is 6.03. The molecule has 6 nitrogen and oxygen atoms in total. The van der Waals surface area contributed by atoms with Crippen molar-refractivity contribution in [3.63, 3.8) is 0 Å². The van der Waals surface area contributed by atoms with Gasteiger partial charge < -0.3 is 15.2 Å². The van der Waals surface area contributed by atoms with E-state index in [2.05, 4.69) is 25.8 Å². The van der Waals surface area contributed by atoms with E-state index in [1.165, 1.54) is 6.07 Å². The van der Waals surface area contributed by atoms with Crippen LogP contribution in [0.2, 0.25) is 0 Å². The number of rotatable bonds is 5. The number of hydrogen-bond acceptors (Lipinski definition) is 6. The summed E-state index contributed by atoms with van der Waals surface area (Å²) in [6.45, 7) is 1.78. The maximum Gasteiger partial charge on any atom is 0.229 e. The van der Waals surface area contributed by atoms with E-state index in [0.29, 0.717) is 28.8 Å². The molecule has 8 heteroatoms. The quantitative estimate of drug-likeness (QED) is 0.496.